The van der Waals surface area contributed by atoms with Crippen molar-refractivity contribution in [1.29, 1.82) is 0 Å². The minimum atomic E-state index is 0.0733. The van der Waals surface area contributed by atoms with Crippen LogP contribution in [-0.2, 0) is 5.75 Å². The molecule has 110 valence electrons. The monoisotopic (exact) mass is 294 g/mol. The van der Waals surface area contributed by atoms with Crippen molar-refractivity contribution in [2.45, 2.75) is 19.1 Å². The summed E-state index contributed by atoms with van der Waals surface area (Å²) >= 11 is 1.80. The number of rotatable bonds is 7. The van der Waals surface area contributed by atoms with E-state index in [1.54, 1.807) is 18.9 Å². The lowest BCUT2D eigenvalue weighted by atomic mass is 10.1. The summed E-state index contributed by atoms with van der Waals surface area (Å²) < 4.78 is 5.29. The van der Waals surface area contributed by atoms with Gasteiger partial charge in [0, 0.05) is 18.8 Å². The molecular weight excluding hydrogens is 272 g/mol. The Hall–Kier alpha value is -1.15. The highest BCUT2D eigenvalue weighted by Gasteiger charge is 2.04. The molecule has 0 amide bonds. The van der Waals surface area contributed by atoms with Gasteiger partial charge in [-0.1, -0.05) is 24.8 Å². The van der Waals surface area contributed by atoms with Crippen LogP contribution in [0.3, 0.4) is 0 Å². The first-order valence-electron chi connectivity index (χ1n) is 6.66. The minimum absolute atomic E-state index is 0.0733. The van der Waals surface area contributed by atoms with Gasteiger partial charge in [0.15, 0.2) is 0 Å². The summed E-state index contributed by atoms with van der Waals surface area (Å²) in [6, 6.07) is 5.99. The van der Waals surface area contributed by atoms with Gasteiger partial charge in [-0.25, -0.2) is 0 Å². The fourth-order valence-electron chi connectivity index (χ4n) is 1.59. The highest BCUT2D eigenvalue weighted by molar-refractivity contribution is 7.98. The molecule has 3 nitrogen and oxygen atoms in total. The van der Waals surface area contributed by atoms with Crippen molar-refractivity contribution in [3.05, 3.63) is 29.3 Å². The maximum Gasteiger partial charge on any atom is 0.134 e. The van der Waals surface area contributed by atoms with Gasteiger partial charge < -0.3 is 14.9 Å². The summed E-state index contributed by atoms with van der Waals surface area (Å²) in [5.41, 5.74) is 2.04. The summed E-state index contributed by atoms with van der Waals surface area (Å²) in [6.07, 6.45) is 0.468. The van der Waals surface area contributed by atoms with Crippen LogP contribution in [0.2, 0.25) is 0 Å². The molecule has 1 unspecified atom stereocenters. The second kappa shape index (κ2) is 9.71. The molecule has 0 saturated heterocycles. The highest BCUT2D eigenvalue weighted by atomic mass is 32.2. The molecule has 0 aliphatic carbocycles. The van der Waals surface area contributed by atoms with Crippen LogP contribution in [0.5, 0.6) is 5.75 Å². The Balaban J connectivity index is 2.69. The number of aliphatic hydroxyl groups excluding tert-OH is 2. The molecule has 4 heteroatoms. The molecule has 0 spiro atoms. The van der Waals surface area contributed by atoms with Crippen molar-refractivity contribution >= 4 is 11.8 Å². The minimum Gasteiger partial charge on any atom is -0.495 e. The van der Waals surface area contributed by atoms with E-state index in [0.717, 1.165) is 22.8 Å². The average molecular weight is 294 g/mol. The van der Waals surface area contributed by atoms with Crippen molar-refractivity contribution in [3.63, 3.8) is 0 Å². The Labute approximate surface area is 125 Å². The predicted molar refractivity (Wildman–Crippen MR) is 84.0 cm³/mol. The van der Waals surface area contributed by atoms with E-state index in [2.05, 4.69) is 11.8 Å². The van der Waals surface area contributed by atoms with Crippen LogP contribution in [0.25, 0.3) is 0 Å². The summed E-state index contributed by atoms with van der Waals surface area (Å²) in [5, 5.41) is 17.8. The van der Waals surface area contributed by atoms with E-state index < -0.39 is 0 Å². The standard InChI is InChI=1S/C16H22O3S/c1-13(10-18)11-20-12-14-6-7-16(19-2)15(9-14)5-3-4-8-17/h6-7,9,13,17-18H,4,8,10-12H2,1-2H3. The van der Waals surface area contributed by atoms with Crippen LogP contribution >= 0.6 is 11.8 Å². The van der Waals surface area contributed by atoms with E-state index in [-0.39, 0.29) is 13.2 Å². The van der Waals surface area contributed by atoms with Gasteiger partial charge in [-0.05, 0) is 29.4 Å². The Morgan fingerprint density at radius 3 is 2.80 bits per heavy atom. The van der Waals surface area contributed by atoms with Crippen LogP contribution in [0.1, 0.15) is 24.5 Å². The van der Waals surface area contributed by atoms with Gasteiger partial charge in [-0.3, -0.25) is 0 Å². The van der Waals surface area contributed by atoms with Gasteiger partial charge in [0.1, 0.15) is 5.75 Å². The van der Waals surface area contributed by atoms with Gasteiger partial charge in [0.05, 0.1) is 19.3 Å². The zero-order valence-corrected chi connectivity index (χ0v) is 12.9. The van der Waals surface area contributed by atoms with Gasteiger partial charge in [-0.2, -0.15) is 11.8 Å². The van der Waals surface area contributed by atoms with Gasteiger partial charge in [-0.15, -0.1) is 0 Å². The lowest BCUT2D eigenvalue weighted by Crippen LogP contribution is -2.03. The molecule has 1 aromatic carbocycles. The van der Waals surface area contributed by atoms with E-state index >= 15 is 0 Å². The molecule has 1 aromatic rings. The van der Waals surface area contributed by atoms with Crippen molar-refractivity contribution < 1.29 is 14.9 Å². The summed E-state index contributed by atoms with van der Waals surface area (Å²) in [6.45, 7) is 2.34. The van der Waals surface area contributed by atoms with Crippen LogP contribution in [0.15, 0.2) is 18.2 Å². The molecule has 1 rings (SSSR count). The van der Waals surface area contributed by atoms with Crippen LogP contribution in [-0.4, -0.2) is 36.3 Å². The number of methoxy groups -OCH3 is 1. The summed E-state index contributed by atoms with van der Waals surface area (Å²) in [7, 11) is 1.63. The molecule has 20 heavy (non-hydrogen) atoms. The second-order valence-corrected chi connectivity index (χ2v) is 5.64. The first-order valence-corrected chi connectivity index (χ1v) is 7.82. The third-order valence-electron chi connectivity index (χ3n) is 2.71. The van der Waals surface area contributed by atoms with Crippen LogP contribution < -0.4 is 4.74 Å². The number of thioether (sulfide) groups is 1. The lowest BCUT2D eigenvalue weighted by Gasteiger charge is -2.09. The molecule has 0 radical (unpaired) electrons. The normalized spacial score (nSPS) is 11.6. The molecule has 0 saturated carbocycles. The zero-order valence-electron chi connectivity index (χ0n) is 12.1. The second-order valence-electron chi connectivity index (χ2n) is 4.61. The van der Waals surface area contributed by atoms with Crippen molar-refractivity contribution in [1.82, 2.24) is 0 Å². The molecule has 0 aromatic heterocycles. The van der Waals surface area contributed by atoms with Crippen molar-refractivity contribution in [3.8, 4) is 17.6 Å². The summed E-state index contributed by atoms with van der Waals surface area (Å²) in [5.74, 6) is 8.86. The van der Waals surface area contributed by atoms with Crippen LogP contribution in [0, 0.1) is 17.8 Å². The van der Waals surface area contributed by atoms with Gasteiger partial charge in [0.2, 0.25) is 0 Å². The van der Waals surface area contributed by atoms with Crippen molar-refractivity contribution in [2.24, 2.45) is 5.92 Å². The Morgan fingerprint density at radius 2 is 2.15 bits per heavy atom. The lowest BCUT2D eigenvalue weighted by molar-refractivity contribution is 0.250. The molecule has 0 heterocycles. The smallest absolute Gasteiger partial charge is 0.134 e. The molecule has 0 aliphatic heterocycles. The van der Waals surface area contributed by atoms with E-state index in [1.165, 1.54) is 5.56 Å². The zero-order chi connectivity index (χ0) is 14.8. The average Bonchev–Trinajstić information content (AvgIpc) is 2.47. The van der Waals surface area contributed by atoms with Gasteiger partial charge >= 0.3 is 0 Å². The fraction of sp³-hybridized carbons (Fsp3) is 0.500. The third-order valence-corrected chi connectivity index (χ3v) is 4.05. The number of ether oxygens (including phenoxy) is 1. The Morgan fingerprint density at radius 1 is 1.35 bits per heavy atom. The van der Waals surface area contributed by atoms with E-state index in [1.807, 2.05) is 25.1 Å². The maximum atomic E-state index is 9.00. The molecule has 0 bridgehead atoms. The molecule has 2 N–H and O–H groups in total. The highest BCUT2D eigenvalue weighted by Crippen LogP contribution is 2.22. The SMILES string of the molecule is COc1ccc(CSCC(C)CO)cc1C#CCCO. The number of hydrogen-bond acceptors (Lipinski definition) is 4. The molecular formula is C16H22O3S. The Kier molecular flexibility index (Phi) is 8.20. The largest absolute Gasteiger partial charge is 0.495 e. The Bertz CT molecular complexity index is 463. The third kappa shape index (κ3) is 5.87. The topological polar surface area (TPSA) is 49.7 Å². The van der Waals surface area contributed by atoms with Crippen molar-refractivity contribution in [2.75, 3.05) is 26.1 Å². The van der Waals surface area contributed by atoms with E-state index in [0.29, 0.717) is 12.3 Å². The van der Waals surface area contributed by atoms with E-state index in [9.17, 15) is 0 Å². The molecule has 0 fully saturated rings. The maximum absolute atomic E-state index is 9.00. The molecule has 1 atom stereocenters. The van der Waals surface area contributed by atoms with E-state index in [4.69, 9.17) is 14.9 Å². The van der Waals surface area contributed by atoms with Crippen LogP contribution in [0.4, 0.5) is 0 Å². The fourth-order valence-corrected chi connectivity index (χ4v) is 2.63. The first-order chi connectivity index (χ1) is 9.71. The number of benzene rings is 1. The summed E-state index contributed by atoms with van der Waals surface area (Å²) in [4.78, 5) is 0. The predicted octanol–water partition coefficient (Wildman–Crippen LogP) is 2.29. The van der Waals surface area contributed by atoms with Gasteiger partial charge in [0.25, 0.3) is 0 Å². The number of hydrogen-bond donors (Lipinski definition) is 2. The number of aliphatic hydroxyl groups is 2. The molecule has 0 aliphatic rings. The quantitative estimate of drug-likeness (QED) is 0.758. The first kappa shape index (κ1) is 16.9.